The van der Waals surface area contributed by atoms with E-state index in [0.717, 1.165) is 50.9 Å². The molecular formula is C21H31N3O3. The first kappa shape index (κ1) is 19.7. The van der Waals surface area contributed by atoms with Crippen molar-refractivity contribution in [1.29, 1.82) is 0 Å². The Morgan fingerprint density at radius 1 is 0.926 bits per heavy atom. The van der Waals surface area contributed by atoms with E-state index in [0.29, 0.717) is 38.0 Å². The van der Waals surface area contributed by atoms with Crippen molar-refractivity contribution < 1.29 is 14.3 Å². The number of amides is 2. The number of benzene rings is 1. The van der Waals surface area contributed by atoms with E-state index in [1.54, 1.807) is 4.90 Å². The predicted molar refractivity (Wildman–Crippen MR) is 104 cm³/mol. The molecule has 0 aromatic heterocycles. The maximum absolute atomic E-state index is 12.5. The Kier molecular flexibility index (Phi) is 7.10. The van der Waals surface area contributed by atoms with Gasteiger partial charge in [-0.15, -0.1) is 0 Å². The number of carbonyl (C=O) groups is 2. The van der Waals surface area contributed by atoms with Gasteiger partial charge in [0.05, 0.1) is 0 Å². The normalized spacial score (nSPS) is 19.1. The zero-order valence-corrected chi connectivity index (χ0v) is 16.0. The van der Waals surface area contributed by atoms with Crippen molar-refractivity contribution in [3.63, 3.8) is 0 Å². The molecule has 148 valence electrons. The molecule has 6 heteroatoms. The van der Waals surface area contributed by atoms with Crippen molar-refractivity contribution in [1.82, 2.24) is 9.80 Å². The molecule has 2 aliphatic heterocycles. The Labute approximate surface area is 161 Å². The first-order valence-corrected chi connectivity index (χ1v) is 10.1. The second kappa shape index (κ2) is 9.74. The molecule has 2 N–H and O–H groups in total. The molecular weight excluding hydrogens is 342 g/mol. The van der Waals surface area contributed by atoms with Crippen LogP contribution in [0.5, 0.6) is 0 Å². The van der Waals surface area contributed by atoms with Crippen LogP contribution in [0.1, 0.15) is 37.7 Å². The van der Waals surface area contributed by atoms with Crippen LogP contribution < -0.4 is 5.73 Å². The molecule has 2 heterocycles. The minimum atomic E-state index is -0.257. The maximum atomic E-state index is 12.5. The standard InChI is InChI=1S/C21H31N3O3/c22-15-18-8-10-23(11-9-18)20(25)14-17-6-12-24(13-7-17)21(26)27-16-19-4-2-1-3-5-19/h1-5,17-18H,6-16,22H2. The lowest BCUT2D eigenvalue weighted by molar-refractivity contribution is -0.133. The van der Waals surface area contributed by atoms with Crippen molar-refractivity contribution in [3.8, 4) is 0 Å². The summed E-state index contributed by atoms with van der Waals surface area (Å²) in [4.78, 5) is 28.5. The van der Waals surface area contributed by atoms with Crippen LogP contribution in [0.15, 0.2) is 30.3 Å². The summed E-state index contributed by atoms with van der Waals surface area (Å²) in [7, 11) is 0. The summed E-state index contributed by atoms with van der Waals surface area (Å²) in [6.07, 6.45) is 4.12. The van der Waals surface area contributed by atoms with Gasteiger partial charge < -0.3 is 20.3 Å². The first-order valence-electron chi connectivity index (χ1n) is 10.1. The van der Waals surface area contributed by atoms with E-state index in [4.69, 9.17) is 10.5 Å². The van der Waals surface area contributed by atoms with E-state index in [1.807, 2.05) is 35.2 Å². The lowest BCUT2D eigenvalue weighted by Crippen LogP contribution is -2.43. The third-order valence-electron chi connectivity index (χ3n) is 5.84. The highest BCUT2D eigenvalue weighted by atomic mass is 16.6. The van der Waals surface area contributed by atoms with E-state index >= 15 is 0 Å². The number of carbonyl (C=O) groups excluding carboxylic acids is 2. The number of ether oxygens (including phenoxy) is 1. The third-order valence-corrected chi connectivity index (χ3v) is 5.84. The molecule has 0 saturated carbocycles. The molecule has 0 spiro atoms. The van der Waals surface area contributed by atoms with Crippen LogP contribution in [0.4, 0.5) is 4.79 Å². The summed E-state index contributed by atoms with van der Waals surface area (Å²) in [5.74, 6) is 1.19. The van der Waals surface area contributed by atoms with Gasteiger partial charge in [-0.3, -0.25) is 4.79 Å². The van der Waals surface area contributed by atoms with Crippen molar-refractivity contribution in [2.45, 2.75) is 38.7 Å². The minimum Gasteiger partial charge on any atom is -0.445 e. The molecule has 0 aliphatic carbocycles. The smallest absolute Gasteiger partial charge is 0.410 e. The zero-order chi connectivity index (χ0) is 19.1. The van der Waals surface area contributed by atoms with Crippen molar-refractivity contribution in [2.75, 3.05) is 32.7 Å². The SMILES string of the molecule is NCC1CCN(C(=O)CC2CCN(C(=O)OCc3ccccc3)CC2)CC1. The van der Waals surface area contributed by atoms with Gasteiger partial charge in [0.25, 0.3) is 0 Å². The lowest BCUT2D eigenvalue weighted by atomic mass is 9.92. The highest BCUT2D eigenvalue weighted by Gasteiger charge is 2.28. The summed E-state index contributed by atoms with van der Waals surface area (Å²) in [5.41, 5.74) is 6.71. The number of piperidine rings is 2. The Morgan fingerprint density at radius 3 is 2.15 bits per heavy atom. The Balaban J connectivity index is 1.36. The number of rotatable bonds is 5. The van der Waals surface area contributed by atoms with Crippen molar-refractivity contribution >= 4 is 12.0 Å². The molecule has 0 unspecified atom stereocenters. The van der Waals surface area contributed by atoms with Crippen LogP contribution in [-0.4, -0.2) is 54.5 Å². The Bertz CT molecular complexity index is 606. The molecule has 27 heavy (non-hydrogen) atoms. The number of nitrogens with two attached hydrogens (primary N) is 1. The van der Waals surface area contributed by atoms with Gasteiger partial charge in [0.2, 0.25) is 5.91 Å². The van der Waals surface area contributed by atoms with Crippen molar-refractivity contribution in [3.05, 3.63) is 35.9 Å². The van der Waals surface area contributed by atoms with Gasteiger partial charge in [-0.05, 0) is 49.6 Å². The van der Waals surface area contributed by atoms with E-state index in [9.17, 15) is 9.59 Å². The second-order valence-electron chi connectivity index (χ2n) is 7.73. The largest absolute Gasteiger partial charge is 0.445 e. The van der Waals surface area contributed by atoms with Gasteiger partial charge in [0.1, 0.15) is 6.61 Å². The average Bonchev–Trinajstić information content (AvgIpc) is 2.73. The van der Waals surface area contributed by atoms with Crippen molar-refractivity contribution in [2.24, 2.45) is 17.6 Å². The summed E-state index contributed by atoms with van der Waals surface area (Å²) >= 11 is 0. The summed E-state index contributed by atoms with van der Waals surface area (Å²) in [6.45, 7) is 4.04. The van der Waals surface area contributed by atoms with Gasteiger partial charge >= 0.3 is 6.09 Å². The van der Waals surface area contributed by atoms with Crippen LogP contribution >= 0.6 is 0 Å². The first-order chi connectivity index (χ1) is 13.2. The fraction of sp³-hybridized carbons (Fsp3) is 0.619. The average molecular weight is 373 g/mol. The highest BCUT2D eigenvalue weighted by Crippen LogP contribution is 2.24. The summed E-state index contributed by atoms with van der Waals surface area (Å²) < 4.78 is 5.40. The predicted octanol–water partition coefficient (Wildman–Crippen LogP) is 2.62. The second-order valence-corrected chi connectivity index (χ2v) is 7.73. The quantitative estimate of drug-likeness (QED) is 0.861. The van der Waals surface area contributed by atoms with Crippen LogP contribution in [0.3, 0.4) is 0 Å². The molecule has 3 rings (SSSR count). The molecule has 2 amide bonds. The molecule has 2 saturated heterocycles. The van der Waals surface area contributed by atoms with Crippen LogP contribution in [0.2, 0.25) is 0 Å². The molecule has 1 aromatic rings. The topological polar surface area (TPSA) is 75.9 Å². The van der Waals surface area contributed by atoms with E-state index in [-0.39, 0.29) is 12.0 Å². The Hall–Kier alpha value is -2.08. The van der Waals surface area contributed by atoms with Gasteiger partial charge in [0, 0.05) is 32.6 Å². The zero-order valence-electron chi connectivity index (χ0n) is 16.0. The number of likely N-dealkylation sites (tertiary alicyclic amines) is 2. The summed E-state index contributed by atoms with van der Waals surface area (Å²) in [6, 6.07) is 9.70. The van der Waals surface area contributed by atoms with E-state index < -0.39 is 0 Å². The van der Waals surface area contributed by atoms with E-state index in [2.05, 4.69) is 0 Å². The maximum Gasteiger partial charge on any atom is 0.410 e. The number of hydrogen-bond donors (Lipinski definition) is 1. The number of nitrogens with zero attached hydrogens (tertiary/aromatic N) is 2. The molecule has 0 atom stereocenters. The monoisotopic (exact) mass is 373 g/mol. The van der Waals surface area contributed by atoms with Gasteiger partial charge in [-0.25, -0.2) is 4.79 Å². The lowest BCUT2D eigenvalue weighted by Gasteiger charge is -2.34. The summed E-state index contributed by atoms with van der Waals surface area (Å²) in [5, 5.41) is 0. The number of hydrogen-bond acceptors (Lipinski definition) is 4. The van der Waals surface area contributed by atoms with Gasteiger partial charge in [0.15, 0.2) is 0 Å². The molecule has 6 nitrogen and oxygen atoms in total. The van der Waals surface area contributed by atoms with Gasteiger partial charge in [-0.2, -0.15) is 0 Å². The van der Waals surface area contributed by atoms with Crippen LogP contribution in [0, 0.1) is 11.8 Å². The highest BCUT2D eigenvalue weighted by molar-refractivity contribution is 5.76. The van der Waals surface area contributed by atoms with Crippen LogP contribution in [-0.2, 0) is 16.1 Å². The van der Waals surface area contributed by atoms with E-state index in [1.165, 1.54) is 0 Å². The molecule has 0 bridgehead atoms. The fourth-order valence-electron chi connectivity index (χ4n) is 3.92. The minimum absolute atomic E-state index is 0.257. The van der Waals surface area contributed by atoms with Gasteiger partial charge in [-0.1, -0.05) is 30.3 Å². The molecule has 2 fully saturated rings. The molecule has 0 radical (unpaired) electrons. The molecule has 2 aliphatic rings. The molecule has 1 aromatic carbocycles. The fourth-order valence-corrected chi connectivity index (χ4v) is 3.92. The third kappa shape index (κ3) is 5.70. The van der Waals surface area contributed by atoms with Crippen LogP contribution in [0.25, 0.3) is 0 Å². The Morgan fingerprint density at radius 2 is 1.52 bits per heavy atom.